The van der Waals surface area contributed by atoms with Gasteiger partial charge in [-0.25, -0.2) is 0 Å². The summed E-state index contributed by atoms with van der Waals surface area (Å²) in [4.78, 5) is 13.6. The van der Waals surface area contributed by atoms with Gasteiger partial charge in [-0.1, -0.05) is 12.1 Å². The highest BCUT2D eigenvalue weighted by molar-refractivity contribution is 6.06. The number of carbonyl (C=O) groups excluding carboxylic acids is 1. The molecule has 2 aromatic carbocycles. The van der Waals surface area contributed by atoms with Crippen molar-refractivity contribution in [3.8, 4) is 17.2 Å². The van der Waals surface area contributed by atoms with Crippen molar-refractivity contribution in [2.45, 2.75) is 36.3 Å². The Balaban J connectivity index is 1.76. The van der Waals surface area contributed by atoms with E-state index in [0.29, 0.717) is 0 Å². The smallest absolute Gasteiger partial charge is 0.206 e. The van der Waals surface area contributed by atoms with Crippen LogP contribution in [0.2, 0.25) is 0 Å². The van der Waals surface area contributed by atoms with Gasteiger partial charge in [-0.2, -0.15) is 0 Å². The normalized spacial score (nSPS) is 32.9. The third-order valence-corrected chi connectivity index (χ3v) is 5.51. The Labute approximate surface area is 176 Å². The molecule has 10 nitrogen and oxygen atoms in total. The predicted octanol–water partition coefficient (Wildman–Crippen LogP) is -0.615. The summed E-state index contributed by atoms with van der Waals surface area (Å²) in [7, 11) is 0. The van der Waals surface area contributed by atoms with Gasteiger partial charge in [-0.3, -0.25) is 4.79 Å². The molecule has 0 spiro atoms. The highest BCUT2D eigenvalue weighted by Crippen LogP contribution is 2.42. The van der Waals surface area contributed by atoms with Gasteiger partial charge in [0, 0.05) is 6.07 Å². The number of hydrogen-bond donors (Lipinski definition) is 6. The largest absolute Gasteiger partial charge is 0.508 e. The maximum absolute atomic E-state index is 13.6. The van der Waals surface area contributed by atoms with E-state index in [0.717, 1.165) is 0 Å². The lowest BCUT2D eigenvalue weighted by molar-refractivity contribution is -0.324. The maximum Gasteiger partial charge on any atom is 0.206 e. The SMILES string of the molecule is O=C1c2ccc(O)cc2OCC1(O[C@@H]1O[C@H](CO)[C@@H](O)[C@H](O)[C@H]1O)c1ccc(O)cc1. The highest BCUT2D eigenvalue weighted by Gasteiger charge is 2.53. The van der Waals surface area contributed by atoms with Crippen LogP contribution >= 0.6 is 0 Å². The van der Waals surface area contributed by atoms with Crippen molar-refractivity contribution in [3.05, 3.63) is 53.6 Å². The molecule has 0 bridgehead atoms. The molecule has 1 fully saturated rings. The van der Waals surface area contributed by atoms with Crippen molar-refractivity contribution < 1.29 is 49.6 Å². The van der Waals surface area contributed by atoms with Crippen LogP contribution in [0.25, 0.3) is 0 Å². The first-order chi connectivity index (χ1) is 14.8. The van der Waals surface area contributed by atoms with Crippen molar-refractivity contribution in [2.75, 3.05) is 13.2 Å². The maximum atomic E-state index is 13.6. The van der Waals surface area contributed by atoms with Gasteiger partial charge >= 0.3 is 0 Å². The number of phenols is 2. The molecule has 1 unspecified atom stereocenters. The molecule has 31 heavy (non-hydrogen) atoms. The van der Waals surface area contributed by atoms with E-state index in [1.54, 1.807) is 0 Å². The first-order valence-corrected chi connectivity index (χ1v) is 9.55. The molecule has 2 aliphatic rings. The minimum atomic E-state index is -1.86. The van der Waals surface area contributed by atoms with E-state index in [1.165, 1.54) is 42.5 Å². The van der Waals surface area contributed by atoms with E-state index in [9.17, 15) is 35.4 Å². The second kappa shape index (κ2) is 8.08. The minimum Gasteiger partial charge on any atom is -0.508 e. The zero-order chi connectivity index (χ0) is 22.3. The topological polar surface area (TPSA) is 166 Å². The lowest BCUT2D eigenvalue weighted by Crippen LogP contribution is -2.62. The van der Waals surface area contributed by atoms with Crippen LogP contribution in [0.1, 0.15) is 15.9 Å². The number of aliphatic hydroxyl groups is 4. The van der Waals surface area contributed by atoms with Crippen molar-refractivity contribution in [1.29, 1.82) is 0 Å². The van der Waals surface area contributed by atoms with Gasteiger partial charge < -0.3 is 44.8 Å². The number of carbonyl (C=O) groups is 1. The molecule has 0 amide bonds. The Kier molecular flexibility index (Phi) is 5.60. The Hall–Kier alpha value is -2.73. The van der Waals surface area contributed by atoms with Crippen LogP contribution in [0.5, 0.6) is 17.2 Å². The van der Waals surface area contributed by atoms with Crippen LogP contribution in [-0.4, -0.2) is 80.3 Å². The Morgan fingerprint density at radius 3 is 2.32 bits per heavy atom. The zero-order valence-electron chi connectivity index (χ0n) is 16.2. The summed E-state index contributed by atoms with van der Waals surface area (Å²) in [5, 5.41) is 59.3. The van der Waals surface area contributed by atoms with Crippen LogP contribution in [0.3, 0.4) is 0 Å². The van der Waals surface area contributed by atoms with Crippen molar-refractivity contribution >= 4 is 5.78 Å². The number of aliphatic hydroxyl groups excluding tert-OH is 4. The van der Waals surface area contributed by atoms with Gasteiger partial charge in [0.2, 0.25) is 5.78 Å². The summed E-state index contributed by atoms with van der Waals surface area (Å²) in [6.07, 6.45) is -7.86. The van der Waals surface area contributed by atoms with Crippen LogP contribution in [0.15, 0.2) is 42.5 Å². The zero-order valence-corrected chi connectivity index (χ0v) is 16.2. The number of benzene rings is 2. The lowest BCUT2D eigenvalue weighted by atomic mass is 9.83. The molecule has 0 radical (unpaired) electrons. The fourth-order valence-corrected chi connectivity index (χ4v) is 3.74. The van der Waals surface area contributed by atoms with Crippen LogP contribution in [-0.2, 0) is 15.1 Å². The predicted molar refractivity (Wildman–Crippen MR) is 103 cm³/mol. The standard InChI is InChI=1S/C21H22O10/c22-8-15-16(25)17(26)18(27)20(30-15)31-21(10-1-3-11(23)4-2-10)9-29-14-7-12(24)5-6-13(14)19(21)28/h1-7,15-18,20,22-27H,8-9H2/t15-,16-,17+,18-,20+,21?/m1/s1. The van der Waals surface area contributed by atoms with Gasteiger partial charge in [0.05, 0.1) is 12.2 Å². The molecule has 2 aliphatic heterocycles. The Bertz CT molecular complexity index is 959. The fourth-order valence-electron chi connectivity index (χ4n) is 3.74. The number of ketones is 1. The van der Waals surface area contributed by atoms with Gasteiger partial charge in [-0.15, -0.1) is 0 Å². The molecule has 2 aromatic rings. The average Bonchev–Trinajstić information content (AvgIpc) is 2.76. The summed E-state index contributed by atoms with van der Waals surface area (Å²) < 4.78 is 17.1. The van der Waals surface area contributed by atoms with E-state index in [-0.39, 0.29) is 35.0 Å². The fraction of sp³-hybridized carbons (Fsp3) is 0.381. The van der Waals surface area contributed by atoms with Crippen molar-refractivity contribution in [1.82, 2.24) is 0 Å². The quantitative estimate of drug-likeness (QED) is 0.365. The molecule has 0 saturated carbocycles. The second-order valence-corrected chi connectivity index (χ2v) is 7.49. The second-order valence-electron chi connectivity index (χ2n) is 7.49. The average molecular weight is 434 g/mol. The molecule has 0 aromatic heterocycles. The van der Waals surface area contributed by atoms with Gasteiger partial charge in [0.25, 0.3) is 0 Å². The van der Waals surface area contributed by atoms with E-state index in [4.69, 9.17) is 14.2 Å². The molecule has 4 rings (SSSR count). The van der Waals surface area contributed by atoms with E-state index < -0.39 is 48.7 Å². The van der Waals surface area contributed by atoms with Gasteiger partial charge in [0.1, 0.15) is 48.3 Å². The third kappa shape index (κ3) is 3.63. The van der Waals surface area contributed by atoms with Gasteiger partial charge in [0.15, 0.2) is 11.9 Å². The van der Waals surface area contributed by atoms with Crippen molar-refractivity contribution in [2.24, 2.45) is 0 Å². The van der Waals surface area contributed by atoms with Crippen LogP contribution in [0.4, 0.5) is 0 Å². The molecule has 0 aliphatic carbocycles. The Morgan fingerprint density at radius 2 is 1.65 bits per heavy atom. The molecular weight excluding hydrogens is 412 g/mol. The molecule has 10 heteroatoms. The van der Waals surface area contributed by atoms with E-state index >= 15 is 0 Å². The summed E-state index contributed by atoms with van der Waals surface area (Å²) in [6.45, 7) is -1.04. The van der Waals surface area contributed by atoms with Crippen LogP contribution in [0, 0.1) is 0 Å². The van der Waals surface area contributed by atoms with Crippen LogP contribution < -0.4 is 4.74 Å². The summed E-state index contributed by atoms with van der Waals surface area (Å²) in [5.74, 6) is -0.590. The monoisotopic (exact) mass is 434 g/mol. The minimum absolute atomic E-state index is 0.0544. The Morgan fingerprint density at radius 1 is 0.968 bits per heavy atom. The van der Waals surface area contributed by atoms with E-state index in [1.807, 2.05) is 0 Å². The summed E-state index contributed by atoms with van der Waals surface area (Å²) in [5.41, 5.74) is -1.49. The molecule has 1 saturated heterocycles. The molecular formula is C21H22O10. The highest BCUT2D eigenvalue weighted by atomic mass is 16.7. The molecule has 166 valence electrons. The summed E-state index contributed by atoms with van der Waals surface area (Å²) in [6, 6.07) is 9.50. The van der Waals surface area contributed by atoms with E-state index in [2.05, 4.69) is 0 Å². The number of ether oxygens (including phenoxy) is 3. The summed E-state index contributed by atoms with van der Waals surface area (Å²) >= 11 is 0. The number of rotatable bonds is 4. The lowest BCUT2D eigenvalue weighted by Gasteiger charge is -2.45. The molecule has 2 heterocycles. The number of aromatic hydroxyl groups is 2. The first kappa shape index (κ1) is 21.5. The van der Waals surface area contributed by atoms with Crippen molar-refractivity contribution in [3.63, 3.8) is 0 Å². The number of fused-ring (bicyclic) bond motifs is 1. The number of hydrogen-bond acceptors (Lipinski definition) is 10. The molecule has 6 N–H and O–H groups in total. The third-order valence-electron chi connectivity index (χ3n) is 5.51. The number of phenolic OH excluding ortho intramolecular Hbond substituents is 2. The molecule has 6 atom stereocenters. The van der Waals surface area contributed by atoms with Gasteiger partial charge in [-0.05, 0) is 29.8 Å². The number of Topliss-reactive ketones (excluding diaryl/α,β-unsaturated/α-hetero) is 1. The first-order valence-electron chi connectivity index (χ1n) is 9.55.